The van der Waals surface area contributed by atoms with Gasteiger partial charge in [0.25, 0.3) is 5.91 Å². The minimum atomic E-state index is -0.619. The minimum Gasteiger partial charge on any atom is -0.274 e. The number of carbonyl (C=O) groups is 3. The summed E-state index contributed by atoms with van der Waals surface area (Å²) in [5, 5.41) is 0. The maximum atomic E-state index is 11.0. The summed E-state index contributed by atoms with van der Waals surface area (Å²) in [6.45, 7) is 0. The van der Waals surface area contributed by atoms with Crippen LogP contribution in [0.25, 0.3) is 0 Å². The first-order chi connectivity index (χ1) is 5.66. The number of nitrogens with zero attached hydrogens (tertiary/aromatic N) is 1. The minimum absolute atomic E-state index is 0.258. The lowest BCUT2D eigenvalue weighted by Crippen LogP contribution is -2.45. The van der Waals surface area contributed by atoms with Crippen molar-refractivity contribution in [1.82, 2.24) is 4.90 Å². The monoisotopic (exact) mass is 189 g/mol. The SMILES string of the molecule is O=C(CCl)N1C(=O)CCCC1=O. The van der Waals surface area contributed by atoms with E-state index in [1.54, 1.807) is 0 Å². The molecular weight excluding hydrogens is 182 g/mol. The third-order valence-corrected chi connectivity index (χ3v) is 1.87. The van der Waals surface area contributed by atoms with E-state index in [4.69, 9.17) is 11.6 Å². The van der Waals surface area contributed by atoms with Crippen molar-refractivity contribution >= 4 is 29.3 Å². The Morgan fingerprint density at radius 1 is 1.33 bits per heavy atom. The normalized spacial score (nSPS) is 18.2. The van der Waals surface area contributed by atoms with Gasteiger partial charge >= 0.3 is 0 Å². The summed E-state index contributed by atoms with van der Waals surface area (Å²) < 4.78 is 0. The van der Waals surface area contributed by atoms with Gasteiger partial charge in [0, 0.05) is 12.8 Å². The number of hydrogen-bond donors (Lipinski definition) is 0. The Morgan fingerprint density at radius 2 is 1.83 bits per heavy atom. The fourth-order valence-corrected chi connectivity index (χ4v) is 1.21. The summed E-state index contributed by atoms with van der Waals surface area (Å²) in [5.41, 5.74) is 0. The summed E-state index contributed by atoms with van der Waals surface area (Å²) in [5.74, 6) is -1.81. The van der Waals surface area contributed by atoms with Gasteiger partial charge in [0.15, 0.2) is 0 Å². The Balaban J connectivity index is 2.76. The van der Waals surface area contributed by atoms with Crippen LogP contribution in [-0.4, -0.2) is 28.5 Å². The molecule has 1 rings (SSSR count). The molecule has 1 heterocycles. The molecule has 0 atom stereocenters. The quantitative estimate of drug-likeness (QED) is 0.440. The highest BCUT2D eigenvalue weighted by molar-refractivity contribution is 6.30. The molecular formula is C7H8ClNO3. The zero-order valence-electron chi connectivity index (χ0n) is 6.38. The highest BCUT2D eigenvalue weighted by Crippen LogP contribution is 2.12. The van der Waals surface area contributed by atoms with Gasteiger partial charge < -0.3 is 0 Å². The fourth-order valence-electron chi connectivity index (χ4n) is 1.09. The van der Waals surface area contributed by atoms with Crippen LogP contribution in [0.4, 0.5) is 0 Å². The molecule has 66 valence electrons. The molecule has 1 fully saturated rings. The van der Waals surface area contributed by atoms with Gasteiger partial charge in [-0.05, 0) is 6.42 Å². The van der Waals surface area contributed by atoms with E-state index in [1.807, 2.05) is 0 Å². The molecule has 12 heavy (non-hydrogen) atoms. The molecule has 1 saturated heterocycles. The van der Waals surface area contributed by atoms with E-state index in [0.29, 0.717) is 11.3 Å². The molecule has 0 N–H and O–H groups in total. The summed E-state index contributed by atoms with van der Waals surface area (Å²) in [7, 11) is 0. The zero-order valence-corrected chi connectivity index (χ0v) is 7.13. The largest absolute Gasteiger partial charge is 0.274 e. The number of halogens is 1. The first-order valence-corrected chi connectivity index (χ1v) is 4.15. The predicted molar refractivity (Wildman–Crippen MR) is 41.4 cm³/mol. The van der Waals surface area contributed by atoms with Crippen LogP contribution in [0.15, 0.2) is 0 Å². The van der Waals surface area contributed by atoms with Gasteiger partial charge in [-0.2, -0.15) is 0 Å². The molecule has 5 heteroatoms. The second-order valence-electron chi connectivity index (χ2n) is 2.50. The molecule has 0 aromatic carbocycles. The third-order valence-electron chi connectivity index (χ3n) is 1.64. The van der Waals surface area contributed by atoms with Crippen LogP contribution >= 0.6 is 11.6 Å². The van der Waals surface area contributed by atoms with Crippen LogP contribution in [0.5, 0.6) is 0 Å². The topological polar surface area (TPSA) is 54.5 Å². The molecule has 0 bridgehead atoms. The number of imide groups is 3. The Hall–Kier alpha value is -0.900. The van der Waals surface area contributed by atoms with Crippen molar-refractivity contribution in [3.05, 3.63) is 0 Å². The first-order valence-electron chi connectivity index (χ1n) is 3.61. The summed E-state index contributed by atoms with van der Waals surface area (Å²) in [6, 6.07) is 0. The lowest BCUT2D eigenvalue weighted by Gasteiger charge is -2.21. The highest BCUT2D eigenvalue weighted by Gasteiger charge is 2.30. The van der Waals surface area contributed by atoms with Crippen LogP contribution < -0.4 is 0 Å². The second-order valence-corrected chi connectivity index (χ2v) is 2.77. The maximum absolute atomic E-state index is 11.0. The molecule has 0 aromatic rings. The molecule has 3 amide bonds. The Morgan fingerprint density at radius 3 is 2.25 bits per heavy atom. The average molecular weight is 190 g/mol. The van der Waals surface area contributed by atoms with E-state index >= 15 is 0 Å². The molecule has 1 aliphatic heterocycles. The average Bonchev–Trinajstić information content (AvgIpc) is 2.03. The van der Waals surface area contributed by atoms with Crippen molar-refractivity contribution in [3.8, 4) is 0 Å². The van der Waals surface area contributed by atoms with Crippen LogP contribution in [0.1, 0.15) is 19.3 Å². The molecule has 1 aliphatic rings. The molecule has 0 spiro atoms. The van der Waals surface area contributed by atoms with Gasteiger partial charge in [-0.1, -0.05) is 0 Å². The smallest absolute Gasteiger partial charge is 0.250 e. The third kappa shape index (κ3) is 1.64. The summed E-state index contributed by atoms with van der Waals surface area (Å²) >= 11 is 5.22. The number of carbonyl (C=O) groups excluding carboxylic acids is 3. The van der Waals surface area contributed by atoms with E-state index < -0.39 is 17.7 Å². The molecule has 0 saturated carbocycles. The molecule has 0 unspecified atom stereocenters. The molecule has 0 aromatic heterocycles. The van der Waals surface area contributed by atoms with Crippen LogP contribution in [-0.2, 0) is 14.4 Å². The molecule has 0 aliphatic carbocycles. The number of piperidine rings is 1. The number of rotatable bonds is 1. The van der Waals surface area contributed by atoms with Crippen LogP contribution in [0.2, 0.25) is 0 Å². The maximum Gasteiger partial charge on any atom is 0.250 e. The second kappa shape index (κ2) is 3.67. The van der Waals surface area contributed by atoms with Crippen molar-refractivity contribution in [2.24, 2.45) is 0 Å². The Labute approximate surface area is 74.5 Å². The lowest BCUT2D eigenvalue weighted by molar-refractivity contribution is -0.155. The Bertz CT molecular complexity index is 212. The molecule has 4 nitrogen and oxygen atoms in total. The number of amides is 3. The van der Waals surface area contributed by atoms with Crippen molar-refractivity contribution in [2.45, 2.75) is 19.3 Å². The molecule has 0 radical (unpaired) electrons. The van der Waals surface area contributed by atoms with Crippen molar-refractivity contribution < 1.29 is 14.4 Å². The standard InChI is InChI=1S/C7H8ClNO3/c8-4-7(12)9-5(10)2-1-3-6(9)11/h1-4H2. The number of likely N-dealkylation sites (tertiary alicyclic amines) is 1. The fraction of sp³-hybridized carbons (Fsp3) is 0.571. The summed E-state index contributed by atoms with van der Waals surface area (Å²) in [6.07, 6.45) is 1.05. The van der Waals surface area contributed by atoms with E-state index in [1.165, 1.54) is 0 Å². The van der Waals surface area contributed by atoms with Crippen LogP contribution in [0.3, 0.4) is 0 Å². The van der Waals surface area contributed by atoms with Gasteiger partial charge in [-0.25, -0.2) is 4.90 Å². The lowest BCUT2D eigenvalue weighted by atomic mass is 10.1. The van der Waals surface area contributed by atoms with Gasteiger partial charge in [0.2, 0.25) is 11.8 Å². The predicted octanol–water partition coefficient (Wildman–Crippen LogP) is 0.291. The first kappa shape index (κ1) is 9.19. The van der Waals surface area contributed by atoms with E-state index in [0.717, 1.165) is 0 Å². The van der Waals surface area contributed by atoms with E-state index in [-0.39, 0.29) is 18.7 Å². The van der Waals surface area contributed by atoms with Gasteiger partial charge in [0.05, 0.1) is 0 Å². The zero-order chi connectivity index (χ0) is 9.14. The van der Waals surface area contributed by atoms with Gasteiger partial charge in [0.1, 0.15) is 5.88 Å². The number of alkyl halides is 1. The van der Waals surface area contributed by atoms with Gasteiger partial charge in [-0.3, -0.25) is 14.4 Å². The number of hydrogen-bond acceptors (Lipinski definition) is 3. The van der Waals surface area contributed by atoms with Crippen LogP contribution in [0, 0.1) is 0 Å². The van der Waals surface area contributed by atoms with Crippen molar-refractivity contribution in [1.29, 1.82) is 0 Å². The van der Waals surface area contributed by atoms with Gasteiger partial charge in [-0.15, -0.1) is 11.6 Å². The van der Waals surface area contributed by atoms with Crippen molar-refractivity contribution in [3.63, 3.8) is 0 Å². The highest BCUT2D eigenvalue weighted by atomic mass is 35.5. The Kier molecular flexibility index (Phi) is 2.81. The summed E-state index contributed by atoms with van der Waals surface area (Å²) in [4.78, 5) is 33.7. The van der Waals surface area contributed by atoms with Crippen molar-refractivity contribution in [2.75, 3.05) is 5.88 Å². The van der Waals surface area contributed by atoms with E-state index in [9.17, 15) is 14.4 Å². The van der Waals surface area contributed by atoms with E-state index in [2.05, 4.69) is 0 Å².